The summed E-state index contributed by atoms with van der Waals surface area (Å²) in [6.07, 6.45) is 8.43. The topological polar surface area (TPSA) is 80.9 Å². The van der Waals surface area contributed by atoms with E-state index in [1.807, 2.05) is 36.4 Å². The lowest BCUT2D eigenvalue weighted by molar-refractivity contribution is 0.391. The molecule has 3 aromatic rings. The molecule has 0 radical (unpaired) electrons. The summed E-state index contributed by atoms with van der Waals surface area (Å²) in [4.78, 5) is 0. The van der Waals surface area contributed by atoms with Gasteiger partial charge in [-0.05, 0) is 59.4 Å². The number of aromatic hydroxyl groups is 4. The van der Waals surface area contributed by atoms with E-state index < -0.39 is 5.41 Å². The lowest BCUT2D eigenvalue weighted by Crippen LogP contribution is -2.35. The number of hydrogen-bond acceptors (Lipinski definition) is 4. The number of phenolic OH excluding ortho intramolecular Hbond substituents is 4. The van der Waals surface area contributed by atoms with Crippen LogP contribution >= 0.6 is 0 Å². The average Bonchev–Trinajstić information content (AvgIpc) is 3.06. The lowest BCUT2D eigenvalue weighted by atomic mass is 9.62. The number of benzene rings is 3. The molecule has 0 saturated carbocycles. The van der Waals surface area contributed by atoms with Gasteiger partial charge in [0, 0.05) is 11.8 Å². The minimum absolute atomic E-state index is 0.0124. The van der Waals surface area contributed by atoms with Crippen molar-refractivity contribution < 1.29 is 20.4 Å². The smallest absolute Gasteiger partial charge is 0.160 e. The fourth-order valence-electron chi connectivity index (χ4n) is 5.48. The first-order valence-electron chi connectivity index (χ1n) is 10.4. The molecule has 0 bridgehead atoms. The van der Waals surface area contributed by atoms with Gasteiger partial charge in [0.15, 0.2) is 23.0 Å². The van der Waals surface area contributed by atoms with Crippen LogP contribution in [0.4, 0.5) is 0 Å². The molecule has 0 spiro atoms. The van der Waals surface area contributed by atoms with Gasteiger partial charge >= 0.3 is 0 Å². The maximum Gasteiger partial charge on any atom is 0.160 e. The van der Waals surface area contributed by atoms with E-state index in [2.05, 4.69) is 24.3 Å². The molecular weight excluding hydrogens is 388 g/mol. The molecule has 0 amide bonds. The molecular formula is C27H24O4. The molecule has 0 saturated heterocycles. The molecule has 2 aliphatic carbocycles. The Balaban J connectivity index is 1.94. The maximum atomic E-state index is 10.5. The first kappa shape index (κ1) is 19.3. The van der Waals surface area contributed by atoms with Crippen LogP contribution in [-0.2, 0) is 5.41 Å². The number of allylic oxidation sites excluding steroid dienone is 4. The van der Waals surface area contributed by atoms with E-state index in [0.29, 0.717) is 11.1 Å². The van der Waals surface area contributed by atoms with Crippen LogP contribution in [0.2, 0.25) is 0 Å². The fraction of sp³-hybridized carbons (Fsp3) is 0.185. The second-order valence-corrected chi connectivity index (χ2v) is 8.54. The summed E-state index contributed by atoms with van der Waals surface area (Å²) in [6, 6.07) is 15.3. The molecule has 0 aliphatic heterocycles. The van der Waals surface area contributed by atoms with Crippen LogP contribution in [0.3, 0.4) is 0 Å². The minimum Gasteiger partial charge on any atom is -0.504 e. The highest BCUT2D eigenvalue weighted by Crippen LogP contribution is 2.60. The Labute approximate surface area is 181 Å². The molecule has 31 heavy (non-hydrogen) atoms. The van der Waals surface area contributed by atoms with Crippen molar-refractivity contribution in [2.45, 2.75) is 25.2 Å². The molecule has 5 rings (SSSR count). The van der Waals surface area contributed by atoms with Crippen molar-refractivity contribution in [1.29, 1.82) is 0 Å². The van der Waals surface area contributed by atoms with Crippen LogP contribution in [0.5, 0.6) is 23.0 Å². The molecule has 3 aromatic carbocycles. The van der Waals surface area contributed by atoms with Gasteiger partial charge in [0.05, 0.1) is 5.41 Å². The summed E-state index contributed by atoms with van der Waals surface area (Å²) >= 11 is 0. The highest BCUT2D eigenvalue weighted by Gasteiger charge is 2.53. The third kappa shape index (κ3) is 2.54. The van der Waals surface area contributed by atoms with Gasteiger partial charge in [-0.25, -0.2) is 0 Å². The van der Waals surface area contributed by atoms with E-state index in [0.717, 1.165) is 16.7 Å². The Bertz CT molecular complexity index is 1160. The van der Waals surface area contributed by atoms with E-state index in [1.165, 1.54) is 5.56 Å². The molecule has 4 heteroatoms. The van der Waals surface area contributed by atoms with Crippen molar-refractivity contribution in [2.24, 2.45) is 5.92 Å². The molecule has 2 aliphatic rings. The van der Waals surface area contributed by atoms with Crippen LogP contribution in [0.1, 0.15) is 39.3 Å². The summed E-state index contributed by atoms with van der Waals surface area (Å²) < 4.78 is 0. The number of rotatable bonds is 2. The van der Waals surface area contributed by atoms with Crippen molar-refractivity contribution in [2.75, 3.05) is 0 Å². The molecule has 0 aromatic heterocycles. The normalized spacial score (nSPS) is 20.5. The quantitative estimate of drug-likeness (QED) is 0.431. The van der Waals surface area contributed by atoms with Crippen LogP contribution < -0.4 is 0 Å². The van der Waals surface area contributed by atoms with Gasteiger partial charge in [-0.15, -0.1) is 0 Å². The third-order valence-corrected chi connectivity index (χ3v) is 6.85. The van der Waals surface area contributed by atoms with E-state index in [-0.39, 0.29) is 34.8 Å². The van der Waals surface area contributed by atoms with E-state index in [4.69, 9.17) is 0 Å². The predicted octanol–water partition coefficient (Wildman–Crippen LogP) is 5.30. The second kappa shape index (κ2) is 6.67. The van der Waals surface area contributed by atoms with Gasteiger partial charge in [0.25, 0.3) is 0 Å². The number of aryl methyl sites for hydroxylation is 2. The van der Waals surface area contributed by atoms with Crippen molar-refractivity contribution in [3.05, 3.63) is 106 Å². The van der Waals surface area contributed by atoms with E-state index in [9.17, 15) is 20.4 Å². The van der Waals surface area contributed by atoms with Crippen LogP contribution in [-0.4, -0.2) is 20.4 Å². The number of phenols is 4. The molecule has 4 nitrogen and oxygen atoms in total. The lowest BCUT2D eigenvalue weighted by Gasteiger charge is -2.39. The molecule has 156 valence electrons. The van der Waals surface area contributed by atoms with Gasteiger partial charge in [-0.2, -0.15) is 0 Å². The molecule has 0 heterocycles. The van der Waals surface area contributed by atoms with Crippen molar-refractivity contribution in [3.63, 3.8) is 0 Å². The monoisotopic (exact) mass is 412 g/mol. The average molecular weight is 412 g/mol. The first-order chi connectivity index (χ1) is 14.9. The summed E-state index contributed by atoms with van der Waals surface area (Å²) in [5, 5.41) is 41.5. The largest absolute Gasteiger partial charge is 0.504 e. The number of hydrogen-bond donors (Lipinski definition) is 4. The van der Waals surface area contributed by atoms with E-state index >= 15 is 0 Å². The van der Waals surface area contributed by atoms with Gasteiger partial charge in [0.2, 0.25) is 0 Å². The summed E-state index contributed by atoms with van der Waals surface area (Å²) in [7, 11) is 0. The minimum atomic E-state index is -0.728. The van der Waals surface area contributed by atoms with Crippen LogP contribution in [0.15, 0.2) is 72.8 Å². The predicted molar refractivity (Wildman–Crippen MR) is 120 cm³/mol. The Kier molecular flexibility index (Phi) is 4.16. The van der Waals surface area contributed by atoms with Crippen molar-refractivity contribution >= 4 is 0 Å². The SMILES string of the molecule is Cc1cc(C2(c3cc(C)c(O)c(O)c3)c3ccccc3C3C=CC=CC32)cc(O)c1O. The van der Waals surface area contributed by atoms with Crippen molar-refractivity contribution in [1.82, 2.24) is 0 Å². The summed E-state index contributed by atoms with van der Waals surface area (Å²) in [5.74, 6) is -0.512. The van der Waals surface area contributed by atoms with Crippen LogP contribution in [0, 0.1) is 19.8 Å². The molecule has 4 N–H and O–H groups in total. The second-order valence-electron chi connectivity index (χ2n) is 8.54. The molecule has 2 atom stereocenters. The Morgan fingerprint density at radius 2 is 1.26 bits per heavy atom. The van der Waals surface area contributed by atoms with Gasteiger partial charge < -0.3 is 20.4 Å². The standard InChI is InChI=1S/C27H24O4/c1-15-11-17(13-23(28)25(15)30)27(18-12-16(2)26(31)24(29)14-18)21-9-5-3-7-19(21)20-8-4-6-10-22(20)27/h3-14,19,21,28-31H,1-2H3. The van der Waals surface area contributed by atoms with Gasteiger partial charge in [-0.1, -0.05) is 60.7 Å². The Hall–Kier alpha value is -3.66. The number of fused-ring (bicyclic) bond motifs is 3. The van der Waals surface area contributed by atoms with E-state index in [1.54, 1.807) is 26.0 Å². The zero-order valence-corrected chi connectivity index (χ0v) is 17.4. The third-order valence-electron chi connectivity index (χ3n) is 6.85. The first-order valence-corrected chi connectivity index (χ1v) is 10.4. The van der Waals surface area contributed by atoms with Gasteiger partial charge in [-0.3, -0.25) is 0 Å². The zero-order valence-electron chi connectivity index (χ0n) is 17.4. The van der Waals surface area contributed by atoms with Crippen LogP contribution in [0.25, 0.3) is 0 Å². The fourth-order valence-corrected chi connectivity index (χ4v) is 5.48. The maximum absolute atomic E-state index is 10.5. The Morgan fingerprint density at radius 1 is 0.710 bits per heavy atom. The Morgan fingerprint density at radius 3 is 1.84 bits per heavy atom. The molecule has 0 fully saturated rings. The van der Waals surface area contributed by atoms with Crippen molar-refractivity contribution in [3.8, 4) is 23.0 Å². The molecule has 2 unspecified atom stereocenters. The summed E-state index contributed by atoms with van der Waals surface area (Å²) in [5.41, 5.74) is 4.33. The van der Waals surface area contributed by atoms with Gasteiger partial charge in [0.1, 0.15) is 0 Å². The summed E-state index contributed by atoms with van der Waals surface area (Å²) in [6.45, 7) is 3.53. The highest BCUT2D eigenvalue weighted by molar-refractivity contribution is 5.66. The highest BCUT2D eigenvalue weighted by atomic mass is 16.3. The zero-order chi connectivity index (χ0) is 21.9.